The Hall–Kier alpha value is -2.07. The smallest absolute Gasteiger partial charge is 0.234 e. The van der Waals surface area contributed by atoms with E-state index < -0.39 is 0 Å². The maximum Gasteiger partial charge on any atom is 0.234 e. The topological polar surface area (TPSA) is 45.5 Å². The highest BCUT2D eigenvalue weighted by molar-refractivity contribution is 5.78. The first kappa shape index (κ1) is 15.8. The monoisotopic (exact) mass is 312 g/mol. The van der Waals surface area contributed by atoms with Crippen LogP contribution >= 0.6 is 0 Å². The Morgan fingerprint density at radius 1 is 1.22 bits per heavy atom. The molecule has 1 fully saturated rings. The van der Waals surface area contributed by atoms with Crippen LogP contribution in [0, 0.1) is 6.92 Å². The van der Waals surface area contributed by atoms with Gasteiger partial charge in [-0.2, -0.15) is 0 Å². The maximum atomic E-state index is 12.2. The molecule has 1 aromatic carbocycles. The van der Waals surface area contributed by atoms with Gasteiger partial charge in [-0.25, -0.2) is 0 Å². The van der Waals surface area contributed by atoms with Crippen molar-refractivity contribution in [2.24, 2.45) is 0 Å². The number of amides is 1. The average Bonchev–Trinajstić information content (AvgIpc) is 3.23. The number of carbonyl (C=O) groups excluding carboxylic acids is 1. The quantitative estimate of drug-likeness (QED) is 0.855. The number of benzene rings is 1. The van der Waals surface area contributed by atoms with E-state index in [2.05, 4.69) is 29.6 Å². The Labute approximate surface area is 137 Å². The fraction of sp³-hybridized carbons (Fsp3) is 0.421. The van der Waals surface area contributed by atoms with E-state index in [9.17, 15) is 4.79 Å². The molecule has 0 radical (unpaired) electrons. The summed E-state index contributed by atoms with van der Waals surface area (Å²) in [5.41, 5.74) is 1.49. The highest BCUT2D eigenvalue weighted by Crippen LogP contribution is 2.47. The second-order valence-electron chi connectivity index (χ2n) is 6.61. The third-order valence-electron chi connectivity index (χ3n) is 4.50. The highest BCUT2D eigenvalue weighted by atomic mass is 16.3. The number of aryl methyl sites for hydroxylation is 1. The van der Waals surface area contributed by atoms with Crippen LogP contribution in [-0.2, 0) is 16.8 Å². The van der Waals surface area contributed by atoms with E-state index in [0.717, 1.165) is 30.9 Å². The molecule has 1 amide bonds. The van der Waals surface area contributed by atoms with E-state index >= 15 is 0 Å². The average molecular weight is 312 g/mol. The molecule has 0 atom stereocenters. The van der Waals surface area contributed by atoms with Gasteiger partial charge in [-0.05, 0) is 44.5 Å². The van der Waals surface area contributed by atoms with Crippen molar-refractivity contribution in [2.45, 2.75) is 31.7 Å². The molecule has 4 heteroatoms. The normalized spacial score (nSPS) is 15.6. The van der Waals surface area contributed by atoms with E-state index in [0.29, 0.717) is 13.1 Å². The van der Waals surface area contributed by atoms with Crippen molar-refractivity contribution < 1.29 is 9.21 Å². The van der Waals surface area contributed by atoms with Crippen LogP contribution in [0.2, 0.25) is 0 Å². The summed E-state index contributed by atoms with van der Waals surface area (Å²) in [7, 11) is 1.93. The second-order valence-corrected chi connectivity index (χ2v) is 6.61. The molecule has 23 heavy (non-hydrogen) atoms. The summed E-state index contributed by atoms with van der Waals surface area (Å²) >= 11 is 0. The lowest BCUT2D eigenvalue weighted by molar-refractivity contribution is -0.122. The summed E-state index contributed by atoms with van der Waals surface area (Å²) in [6.07, 6.45) is 2.30. The first-order valence-corrected chi connectivity index (χ1v) is 8.13. The van der Waals surface area contributed by atoms with Crippen molar-refractivity contribution in [2.75, 3.05) is 20.1 Å². The van der Waals surface area contributed by atoms with Crippen molar-refractivity contribution in [1.29, 1.82) is 0 Å². The van der Waals surface area contributed by atoms with Gasteiger partial charge in [0, 0.05) is 12.0 Å². The van der Waals surface area contributed by atoms with Gasteiger partial charge in [0.25, 0.3) is 0 Å². The van der Waals surface area contributed by atoms with Crippen LogP contribution in [0.1, 0.15) is 29.9 Å². The molecule has 1 aliphatic carbocycles. The Morgan fingerprint density at radius 3 is 2.57 bits per heavy atom. The lowest BCUT2D eigenvalue weighted by atomic mass is 9.96. The standard InChI is InChI=1S/C19H24N2O2/c1-15-8-9-17(23-15)12-21(2)13-18(22)20-14-19(10-11-19)16-6-4-3-5-7-16/h3-9H,10-14H2,1-2H3,(H,20,22). The first-order valence-electron chi connectivity index (χ1n) is 8.13. The van der Waals surface area contributed by atoms with Gasteiger partial charge in [0.05, 0.1) is 13.1 Å². The number of hydrogen-bond acceptors (Lipinski definition) is 3. The predicted molar refractivity (Wildman–Crippen MR) is 90.1 cm³/mol. The molecule has 0 aliphatic heterocycles. The van der Waals surface area contributed by atoms with Gasteiger partial charge < -0.3 is 9.73 Å². The number of nitrogens with zero attached hydrogens (tertiary/aromatic N) is 1. The number of furan rings is 1. The summed E-state index contributed by atoms with van der Waals surface area (Å²) in [4.78, 5) is 14.1. The van der Waals surface area contributed by atoms with E-state index in [1.54, 1.807) is 0 Å². The van der Waals surface area contributed by atoms with Gasteiger partial charge in [-0.3, -0.25) is 9.69 Å². The number of hydrogen-bond donors (Lipinski definition) is 1. The second kappa shape index (κ2) is 6.59. The molecule has 1 aliphatic rings. The summed E-state index contributed by atoms with van der Waals surface area (Å²) in [6.45, 7) is 3.67. The Bertz CT molecular complexity index is 659. The molecule has 1 aromatic heterocycles. The Kier molecular flexibility index (Phi) is 4.53. The van der Waals surface area contributed by atoms with Gasteiger partial charge in [0.1, 0.15) is 11.5 Å². The highest BCUT2D eigenvalue weighted by Gasteiger charge is 2.44. The van der Waals surface area contributed by atoms with Gasteiger partial charge >= 0.3 is 0 Å². The van der Waals surface area contributed by atoms with E-state index in [-0.39, 0.29) is 11.3 Å². The minimum atomic E-state index is 0.0676. The molecule has 0 bridgehead atoms. The van der Waals surface area contributed by atoms with Crippen LogP contribution in [0.25, 0.3) is 0 Å². The van der Waals surface area contributed by atoms with E-state index in [4.69, 9.17) is 4.42 Å². The zero-order valence-corrected chi connectivity index (χ0v) is 13.8. The minimum Gasteiger partial charge on any atom is -0.465 e. The molecular weight excluding hydrogens is 288 g/mol. The molecule has 122 valence electrons. The summed E-state index contributed by atoms with van der Waals surface area (Å²) in [5.74, 6) is 1.86. The summed E-state index contributed by atoms with van der Waals surface area (Å²) in [5, 5.41) is 3.09. The minimum absolute atomic E-state index is 0.0676. The van der Waals surface area contributed by atoms with Crippen LogP contribution in [0.5, 0.6) is 0 Å². The van der Waals surface area contributed by atoms with Gasteiger partial charge in [-0.15, -0.1) is 0 Å². The largest absolute Gasteiger partial charge is 0.465 e. The van der Waals surface area contributed by atoms with E-state index in [1.807, 2.05) is 37.1 Å². The fourth-order valence-electron chi connectivity index (χ4n) is 2.97. The molecule has 0 spiro atoms. The van der Waals surface area contributed by atoms with Gasteiger partial charge in [0.2, 0.25) is 5.91 Å². The fourth-order valence-corrected chi connectivity index (χ4v) is 2.97. The lowest BCUT2D eigenvalue weighted by Gasteiger charge is -2.19. The zero-order chi connectivity index (χ0) is 16.3. The number of nitrogens with one attached hydrogen (secondary N) is 1. The predicted octanol–water partition coefficient (Wildman–Crippen LogP) is 2.87. The summed E-state index contributed by atoms with van der Waals surface area (Å²) < 4.78 is 5.54. The van der Waals surface area contributed by atoms with Crippen LogP contribution in [0.15, 0.2) is 46.9 Å². The Morgan fingerprint density at radius 2 is 1.96 bits per heavy atom. The maximum absolute atomic E-state index is 12.2. The van der Waals surface area contributed by atoms with E-state index in [1.165, 1.54) is 5.56 Å². The summed E-state index contributed by atoms with van der Waals surface area (Å²) in [6, 6.07) is 14.4. The molecule has 4 nitrogen and oxygen atoms in total. The van der Waals surface area contributed by atoms with Gasteiger partial charge in [0.15, 0.2) is 0 Å². The molecule has 3 rings (SSSR count). The molecule has 0 unspecified atom stereocenters. The number of carbonyl (C=O) groups is 1. The number of rotatable bonds is 7. The molecule has 1 saturated carbocycles. The van der Waals surface area contributed by atoms with Crippen LogP contribution in [-0.4, -0.2) is 30.9 Å². The van der Waals surface area contributed by atoms with Crippen molar-refractivity contribution in [3.63, 3.8) is 0 Å². The molecule has 1 N–H and O–H groups in total. The zero-order valence-electron chi connectivity index (χ0n) is 13.8. The lowest BCUT2D eigenvalue weighted by Crippen LogP contribution is -2.38. The third-order valence-corrected chi connectivity index (χ3v) is 4.50. The number of likely N-dealkylation sites (N-methyl/N-ethyl adjacent to an activating group) is 1. The van der Waals surface area contributed by atoms with Crippen molar-refractivity contribution >= 4 is 5.91 Å². The van der Waals surface area contributed by atoms with Crippen molar-refractivity contribution in [1.82, 2.24) is 10.2 Å². The molecule has 0 saturated heterocycles. The van der Waals surface area contributed by atoms with Crippen LogP contribution < -0.4 is 5.32 Å². The van der Waals surface area contributed by atoms with Crippen molar-refractivity contribution in [3.8, 4) is 0 Å². The first-order chi connectivity index (χ1) is 11.1. The molecule has 1 heterocycles. The molecular formula is C19H24N2O2. The van der Waals surface area contributed by atoms with Crippen LogP contribution in [0.3, 0.4) is 0 Å². The molecule has 2 aromatic rings. The third kappa shape index (κ3) is 4.02. The Balaban J connectivity index is 1.46. The van der Waals surface area contributed by atoms with Crippen LogP contribution in [0.4, 0.5) is 0 Å². The SMILES string of the molecule is Cc1ccc(CN(C)CC(=O)NCC2(c3ccccc3)CC2)o1. The van der Waals surface area contributed by atoms with Gasteiger partial charge in [-0.1, -0.05) is 30.3 Å². The van der Waals surface area contributed by atoms with Crippen molar-refractivity contribution in [3.05, 3.63) is 59.5 Å².